The predicted octanol–water partition coefficient (Wildman–Crippen LogP) is 4.21. The van der Waals surface area contributed by atoms with E-state index in [0.717, 1.165) is 37.2 Å². The van der Waals surface area contributed by atoms with Crippen molar-refractivity contribution in [3.8, 4) is 0 Å². The molecule has 8 heteroatoms. The van der Waals surface area contributed by atoms with Gasteiger partial charge in [0, 0.05) is 18.8 Å². The number of hydrogen-bond donors (Lipinski definition) is 1. The lowest BCUT2D eigenvalue weighted by atomic mass is 10.00. The first-order valence-electron chi connectivity index (χ1n) is 10.2. The van der Waals surface area contributed by atoms with Gasteiger partial charge in [-0.3, -0.25) is 4.72 Å². The van der Waals surface area contributed by atoms with E-state index in [9.17, 15) is 16.8 Å². The summed E-state index contributed by atoms with van der Waals surface area (Å²) >= 11 is 0. The summed E-state index contributed by atoms with van der Waals surface area (Å²) in [5, 5.41) is -0.666. The number of nitrogens with zero attached hydrogens (tertiary/aromatic N) is 1. The molecule has 1 unspecified atom stereocenters. The van der Waals surface area contributed by atoms with E-state index < -0.39 is 25.1 Å². The van der Waals surface area contributed by atoms with Crippen LogP contribution in [-0.4, -0.2) is 35.2 Å². The summed E-state index contributed by atoms with van der Waals surface area (Å²) in [6.45, 7) is 8.97. The average molecular weight is 451 g/mol. The van der Waals surface area contributed by atoms with E-state index in [0.29, 0.717) is 5.92 Å². The molecule has 1 N–H and O–H groups in total. The lowest BCUT2D eigenvalue weighted by molar-refractivity contribution is 0.447. The summed E-state index contributed by atoms with van der Waals surface area (Å²) in [4.78, 5) is 2.28. The third-order valence-corrected chi connectivity index (χ3v) is 9.08. The highest BCUT2D eigenvalue weighted by Crippen LogP contribution is 2.33. The van der Waals surface area contributed by atoms with Crippen LogP contribution >= 0.6 is 0 Å². The fourth-order valence-corrected chi connectivity index (χ4v) is 5.96. The molecule has 1 aliphatic rings. The molecule has 0 bridgehead atoms. The van der Waals surface area contributed by atoms with E-state index in [4.69, 9.17) is 0 Å². The molecule has 0 amide bonds. The zero-order valence-electron chi connectivity index (χ0n) is 17.9. The largest absolute Gasteiger partial charge is 0.371 e. The fourth-order valence-electron chi connectivity index (χ4n) is 3.64. The van der Waals surface area contributed by atoms with Crippen LogP contribution in [0.15, 0.2) is 52.3 Å². The van der Waals surface area contributed by atoms with Gasteiger partial charge in [0.2, 0.25) is 0 Å². The van der Waals surface area contributed by atoms with Crippen molar-refractivity contribution in [3.63, 3.8) is 0 Å². The highest BCUT2D eigenvalue weighted by atomic mass is 32.2. The Bertz CT molecular complexity index is 1110. The standard InChI is InChI=1S/C22H30N2O4S2/c1-16(2)29(25,26)22-12-9-19(24-13-5-6-18(4)15-24)14-21(22)23-30(27,28)20-10-7-17(3)8-11-20/h7-12,14,16,18,23H,5-6,13,15H2,1-4H3. The minimum atomic E-state index is -3.93. The number of sulfone groups is 1. The number of hydrogen-bond acceptors (Lipinski definition) is 5. The van der Waals surface area contributed by atoms with E-state index >= 15 is 0 Å². The Morgan fingerprint density at radius 1 is 1.03 bits per heavy atom. The molecule has 1 aliphatic heterocycles. The quantitative estimate of drug-likeness (QED) is 0.713. The lowest BCUT2D eigenvalue weighted by Crippen LogP contribution is -2.34. The maximum absolute atomic E-state index is 13.0. The zero-order valence-corrected chi connectivity index (χ0v) is 19.6. The molecule has 1 saturated heterocycles. The van der Waals surface area contributed by atoms with Crippen LogP contribution in [0.5, 0.6) is 0 Å². The van der Waals surface area contributed by atoms with Crippen molar-refractivity contribution in [1.82, 2.24) is 0 Å². The Balaban J connectivity index is 2.06. The highest BCUT2D eigenvalue weighted by molar-refractivity contribution is 7.93. The molecular weight excluding hydrogens is 420 g/mol. The lowest BCUT2D eigenvalue weighted by Gasteiger charge is -2.33. The highest BCUT2D eigenvalue weighted by Gasteiger charge is 2.27. The van der Waals surface area contributed by atoms with E-state index in [-0.39, 0.29) is 15.5 Å². The van der Waals surface area contributed by atoms with Gasteiger partial charge >= 0.3 is 0 Å². The van der Waals surface area contributed by atoms with Crippen molar-refractivity contribution < 1.29 is 16.8 Å². The molecule has 2 aromatic rings. The molecule has 30 heavy (non-hydrogen) atoms. The van der Waals surface area contributed by atoms with Crippen molar-refractivity contribution in [2.75, 3.05) is 22.7 Å². The van der Waals surface area contributed by atoms with Gasteiger partial charge in [0.05, 0.1) is 20.7 Å². The van der Waals surface area contributed by atoms with E-state index in [1.165, 1.54) is 18.2 Å². The minimum absolute atomic E-state index is 0.00185. The van der Waals surface area contributed by atoms with E-state index in [1.807, 2.05) is 6.92 Å². The Morgan fingerprint density at radius 2 is 1.70 bits per heavy atom. The Hall–Kier alpha value is -2.06. The average Bonchev–Trinajstić information content (AvgIpc) is 2.67. The van der Waals surface area contributed by atoms with Gasteiger partial charge in [-0.05, 0) is 69.9 Å². The van der Waals surface area contributed by atoms with Gasteiger partial charge in [-0.15, -0.1) is 0 Å². The summed E-state index contributed by atoms with van der Waals surface area (Å²) < 4.78 is 54.3. The van der Waals surface area contributed by atoms with Crippen LogP contribution < -0.4 is 9.62 Å². The summed E-state index contributed by atoms with van der Waals surface area (Å²) in [5.74, 6) is 0.533. The molecule has 6 nitrogen and oxygen atoms in total. The molecular formula is C22H30N2O4S2. The number of sulfonamides is 1. The monoisotopic (exact) mass is 450 g/mol. The maximum Gasteiger partial charge on any atom is 0.261 e. The second-order valence-electron chi connectivity index (χ2n) is 8.39. The number of anilines is 2. The van der Waals surface area contributed by atoms with Gasteiger partial charge in [0.15, 0.2) is 9.84 Å². The van der Waals surface area contributed by atoms with Gasteiger partial charge in [-0.2, -0.15) is 0 Å². The Kier molecular flexibility index (Phi) is 6.48. The number of aryl methyl sites for hydroxylation is 1. The summed E-state index contributed by atoms with van der Waals surface area (Å²) in [5.41, 5.74) is 1.86. The normalized spacial score (nSPS) is 17.9. The van der Waals surface area contributed by atoms with Gasteiger partial charge in [0.25, 0.3) is 10.0 Å². The minimum Gasteiger partial charge on any atom is -0.371 e. The molecule has 0 radical (unpaired) electrons. The van der Waals surface area contributed by atoms with Crippen LogP contribution in [0, 0.1) is 12.8 Å². The van der Waals surface area contributed by atoms with Gasteiger partial charge in [-0.25, -0.2) is 16.8 Å². The van der Waals surface area contributed by atoms with Crippen molar-refractivity contribution in [2.45, 2.75) is 55.6 Å². The molecule has 3 rings (SSSR count). The second kappa shape index (κ2) is 8.59. The van der Waals surface area contributed by atoms with Crippen LogP contribution in [0.25, 0.3) is 0 Å². The van der Waals surface area contributed by atoms with Crippen LogP contribution in [-0.2, 0) is 19.9 Å². The summed E-state index contributed by atoms with van der Waals surface area (Å²) in [6, 6.07) is 11.4. The molecule has 164 valence electrons. The number of rotatable bonds is 6. The second-order valence-corrected chi connectivity index (χ2v) is 12.5. The van der Waals surface area contributed by atoms with E-state index in [1.54, 1.807) is 38.1 Å². The van der Waals surface area contributed by atoms with E-state index in [2.05, 4.69) is 16.5 Å². The predicted molar refractivity (Wildman–Crippen MR) is 121 cm³/mol. The van der Waals surface area contributed by atoms with Crippen molar-refractivity contribution in [2.24, 2.45) is 5.92 Å². The molecule has 0 spiro atoms. The molecule has 1 atom stereocenters. The van der Waals surface area contributed by atoms with Gasteiger partial charge < -0.3 is 4.90 Å². The smallest absolute Gasteiger partial charge is 0.261 e. The Labute approximate surface area is 180 Å². The molecule has 1 heterocycles. The van der Waals surface area contributed by atoms with Crippen molar-refractivity contribution in [1.29, 1.82) is 0 Å². The van der Waals surface area contributed by atoms with Crippen LogP contribution in [0.4, 0.5) is 11.4 Å². The third kappa shape index (κ3) is 4.81. The number of piperidine rings is 1. The summed E-state index contributed by atoms with van der Waals surface area (Å²) in [7, 11) is -7.60. The fraction of sp³-hybridized carbons (Fsp3) is 0.455. The Morgan fingerprint density at radius 3 is 2.30 bits per heavy atom. The molecule has 0 aliphatic carbocycles. The molecule has 0 saturated carbocycles. The van der Waals surface area contributed by atoms with Gasteiger partial charge in [-0.1, -0.05) is 24.6 Å². The zero-order chi connectivity index (χ0) is 22.1. The molecule has 0 aromatic heterocycles. The number of nitrogens with one attached hydrogen (secondary N) is 1. The number of benzene rings is 2. The van der Waals surface area contributed by atoms with Crippen molar-refractivity contribution in [3.05, 3.63) is 48.0 Å². The summed E-state index contributed by atoms with van der Waals surface area (Å²) in [6.07, 6.45) is 2.21. The van der Waals surface area contributed by atoms with Gasteiger partial charge in [0.1, 0.15) is 0 Å². The van der Waals surface area contributed by atoms with Crippen LogP contribution in [0.1, 0.15) is 39.2 Å². The topological polar surface area (TPSA) is 83.6 Å². The first-order valence-corrected chi connectivity index (χ1v) is 13.3. The maximum atomic E-state index is 13.0. The van der Waals surface area contributed by atoms with Crippen molar-refractivity contribution >= 4 is 31.2 Å². The SMILES string of the molecule is Cc1ccc(S(=O)(=O)Nc2cc(N3CCCC(C)C3)ccc2S(=O)(=O)C(C)C)cc1. The molecule has 1 fully saturated rings. The third-order valence-electron chi connectivity index (χ3n) is 5.49. The first-order chi connectivity index (χ1) is 14.0. The van der Waals surface area contributed by atoms with Crippen LogP contribution in [0.3, 0.4) is 0 Å². The van der Waals surface area contributed by atoms with Crippen LogP contribution in [0.2, 0.25) is 0 Å². The molecule has 2 aromatic carbocycles. The first kappa shape index (κ1) is 22.6.